The summed E-state index contributed by atoms with van der Waals surface area (Å²) in [6.07, 6.45) is 1.83. The lowest BCUT2D eigenvalue weighted by atomic mass is 10.7. The van der Waals surface area contributed by atoms with Crippen LogP contribution in [-0.4, -0.2) is 25.2 Å². The summed E-state index contributed by atoms with van der Waals surface area (Å²) in [5.74, 6) is 0. The predicted molar refractivity (Wildman–Crippen MR) is 54.5 cm³/mol. The molecule has 0 N–H and O–H groups in total. The van der Waals surface area contributed by atoms with Gasteiger partial charge >= 0.3 is 0 Å². The third-order valence-electron chi connectivity index (χ3n) is 1.08. The molecule has 1 rings (SSSR count). The van der Waals surface area contributed by atoms with E-state index >= 15 is 0 Å². The van der Waals surface area contributed by atoms with Gasteiger partial charge in [-0.15, -0.1) is 0 Å². The van der Waals surface area contributed by atoms with Crippen molar-refractivity contribution in [2.75, 3.05) is 6.54 Å². The van der Waals surface area contributed by atoms with Crippen LogP contribution in [0, 0.1) is 0 Å². The van der Waals surface area contributed by atoms with Crippen LogP contribution < -0.4 is 0 Å². The van der Waals surface area contributed by atoms with Gasteiger partial charge < -0.3 is 0 Å². The average Bonchev–Trinajstić information content (AvgIpc) is 2.15. The molecule has 1 aliphatic heterocycles. The molecular formula is C4H7I2N3. The molecule has 0 radical (unpaired) electrons. The van der Waals surface area contributed by atoms with Crippen LogP contribution >= 0.6 is 45.5 Å². The Morgan fingerprint density at radius 3 is 2.67 bits per heavy atom. The largest absolute Gasteiger partial charge is 0.271 e. The third kappa shape index (κ3) is 1.60. The van der Waals surface area contributed by atoms with Crippen LogP contribution in [-0.2, 0) is 0 Å². The van der Waals surface area contributed by atoms with Gasteiger partial charge in [0.2, 0.25) is 0 Å². The maximum Gasteiger partial charge on any atom is 0.179 e. The van der Waals surface area contributed by atoms with E-state index in [-0.39, 0.29) is 0 Å². The molecule has 1 unspecified atom stereocenters. The van der Waals surface area contributed by atoms with Crippen molar-refractivity contribution in [2.45, 2.75) is 11.1 Å². The number of alkyl halides is 1. The molecule has 1 aliphatic rings. The van der Waals surface area contributed by atoms with E-state index < -0.39 is 0 Å². The summed E-state index contributed by atoms with van der Waals surface area (Å²) in [6.45, 7) is 3.07. The van der Waals surface area contributed by atoms with Crippen molar-refractivity contribution < 1.29 is 0 Å². The predicted octanol–water partition coefficient (Wildman–Crippen LogP) is 1.64. The van der Waals surface area contributed by atoms with Crippen LogP contribution in [0.2, 0.25) is 0 Å². The van der Waals surface area contributed by atoms with Crippen molar-refractivity contribution in [1.29, 1.82) is 0 Å². The van der Waals surface area contributed by atoms with Crippen LogP contribution in [0.4, 0.5) is 0 Å². The molecule has 1 atom stereocenters. The Morgan fingerprint density at radius 2 is 2.44 bits per heavy atom. The Hall–Kier alpha value is 0.730. The number of rotatable bonds is 1. The molecule has 0 amide bonds. The molecule has 52 valence electrons. The van der Waals surface area contributed by atoms with Crippen molar-refractivity contribution in [3.63, 3.8) is 0 Å². The highest BCUT2D eigenvalue weighted by molar-refractivity contribution is 14.1. The van der Waals surface area contributed by atoms with Gasteiger partial charge in [0.05, 0.1) is 22.9 Å². The molecule has 0 spiro atoms. The number of hydrazone groups is 1. The monoisotopic (exact) mass is 351 g/mol. The van der Waals surface area contributed by atoms with Gasteiger partial charge in [-0.2, -0.15) is 5.10 Å². The molecule has 0 saturated carbocycles. The zero-order valence-electron chi connectivity index (χ0n) is 4.96. The number of hydrogen-bond acceptors (Lipinski definition) is 3. The topological polar surface area (TPSA) is 18.8 Å². The van der Waals surface area contributed by atoms with Gasteiger partial charge in [0.15, 0.2) is 4.17 Å². The second-order valence-corrected chi connectivity index (χ2v) is 3.87. The standard InChI is InChI=1S/C4H7I2N3/c1-2-9-4(5)8(6)3-7-9/h3-4H,2H2,1H3. The molecule has 0 aliphatic carbocycles. The van der Waals surface area contributed by atoms with E-state index in [0.717, 1.165) is 6.54 Å². The molecule has 0 aromatic rings. The van der Waals surface area contributed by atoms with E-state index in [0.29, 0.717) is 4.17 Å². The van der Waals surface area contributed by atoms with E-state index in [1.807, 2.05) is 14.5 Å². The van der Waals surface area contributed by atoms with Crippen molar-refractivity contribution in [1.82, 2.24) is 8.12 Å². The SMILES string of the molecule is CCN1N=CN(I)C1I. The number of hydrogen-bond donors (Lipinski definition) is 0. The number of halogens is 2. The van der Waals surface area contributed by atoms with Gasteiger partial charge in [0.1, 0.15) is 6.34 Å². The fourth-order valence-electron chi connectivity index (χ4n) is 0.585. The first-order chi connectivity index (χ1) is 4.25. The minimum absolute atomic E-state index is 0.396. The lowest BCUT2D eigenvalue weighted by Crippen LogP contribution is -2.27. The highest BCUT2D eigenvalue weighted by Gasteiger charge is 2.20. The molecule has 9 heavy (non-hydrogen) atoms. The second-order valence-electron chi connectivity index (χ2n) is 1.64. The summed E-state index contributed by atoms with van der Waals surface area (Å²) in [7, 11) is 0. The quantitative estimate of drug-likeness (QED) is 0.310. The van der Waals surface area contributed by atoms with E-state index in [2.05, 4.69) is 57.5 Å². The molecular weight excluding hydrogens is 344 g/mol. The van der Waals surface area contributed by atoms with Gasteiger partial charge in [-0.1, -0.05) is 0 Å². The zero-order chi connectivity index (χ0) is 6.85. The van der Waals surface area contributed by atoms with E-state index in [1.54, 1.807) is 0 Å². The Bertz CT molecular complexity index is 127. The van der Waals surface area contributed by atoms with Crippen LogP contribution in [0.25, 0.3) is 0 Å². The Kier molecular flexibility index (Phi) is 2.80. The highest BCUT2D eigenvalue weighted by atomic mass is 127. The van der Waals surface area contributed by atoms with Gasteiger partial charge in [0.25, 0.3) is 0 Å². The van der Waals surface area contributed by atoms with Crippen LogP contribution in [0.15, 0.2) is 5.10 Å². The summed E-state index contributed by atoms with van der Waals surface area (Å²) >= 11 is 4.57. The Labute approximate surface area is 82.1 Å². The van der Waals surface area contributed by atoms with Gasteiger partial charge in [-0.25, -0.2) is 0 Å². The molecule has 0 saturated heterocycles. The fraction of sp³-hybridized carbons (Fsp3) is 0.750. The fourth-order valence-corrected chi connectivity index (χ4v) is 1.67. The first kappa shape index (κ1) is 7.83. The lowest BCUT2D eigenvalue weighted by molar-refractivity contribution is 0.287. The maximum absolute atomic E-state index is 4.14. The van der Waals surface area contributed by atoms with E-state index in [4.69, 9.17) is 0 Å². The molecule has 0 fully saturated rings. The first-order valence-electron chi connectivity index (χ1n) is 2.64. The van der Waals surface area contributed by atoms with E-state index in [9.17, 15) is 0 Å². The second kappa shape index (κ2) is 3.22. The van der Waals surface area contributed by atoms with Crippen molar-refractivity contribution >= 4 is 51.8 Å². The molecule has 5 heteroatoms. The lowest BCUT2D eigenvalue weighted by Gasteiger charge is -2.19. The van der Waals surface area contributed by atoms with Gasteiger partial charge in [-0.05, 0) is 29.5 Å². The van der Waals surface area contributed by atoms with Gasteiger partial charge in [0, 0.05) is 6.54 Å². The van der Waals surface area contributed by atoms with Crippen molar-refractivity contribution in [3.8, 4) is 0 Å². The molecule has 0 aromatic carbocycles. The highest BCUT2D eigenvalue weighted by Crippen LogP contribution is 2.20. The van der Waals surface area contributed by atoms with Crippen molar-refractivity contribution in [2.24, 2.45) is 5.10 Å². The maximum atomic E-state index is 4.14. The van der Waals surface area contributed by atoms with E-state index in [1.165, 1.54) is 0 Å². The van der Waals surface area contributed by atoms with Gasteiger partial charge in [-0.3, -0.25) is 8.12 Å². The first-order valence-corrected chi connectivity index (χ1v) is 4.85. The average molecular weight is 351 g/mol. The van der Waals surface area contributed by atoms with Crippen LogP contribution in [0.5, 0.6) is 0 Å². The number of nitrogens with zero attached hydrogens (tertiary/aromatic N) is 3. The summed E-state index contributed by atoms with van der Waals surface area (Å²) in [6, 6.07) is 0. The third-order valence-corrected chi connectivity index (χ3v) is 4.17. The summed E-state index contributed by atoms with van der Waals surface area (Å²) in [5, 5.41) is 6.16. The molecule has 0 aromatic heterocycles. The summed E-state index contributed by atoms with van der Waals surface area (Å²) in [5.41, 5.74) is 0. The normalized spacial score (nSPS) is 25.9. The molecule has 0 bridgehead atoms. The molecule has 1 heterocycles. The Morgan fingerprint density at radius 1 is 1.78 bits per heavy atom. The summed E-state index contributed by atoms with van der Waals surface area (Å²) < 4.78 is 2.44. The smallest absolute Gasteiger partial charge is 0.179 e. The minimum Gasteiger partial charge on any atom is -0.271 e. The van der Waals surface area contributed by atoms with Crippen LogP contribution in [0.1, 0.15) is 6.92 Å². The molecule has 3 nitrogen and oxygen atoms in total. The van der Waals surface area contributed by atoms with Crippen molar-refractivity contribution in [3.05, 3.63) is 0 Å². The Balaban J connectivity index is 2.51. The van der Waals surface area contributed by atoms with Crippen LogP contribution in [0.3, 0.4) is 0 Å². The summed E-state index contributed by atoms with van der Waals surface area (Å²) in [4.78, 5) is 0. The zero-order valence-corrected chi connectivity index (χ0v) is 9.27. The minimum atomic E-state index is 0.396.